The summed E-state index contributed by atoms with van der Waals surface area (Å²) < 4.78 is 68.7. The first-order valence-electron chi connectivity index (χ1n) is 42.9. The average molecular weight is 1490 g/mol. The molecule has 0 aromatic rings. The minimum absolute atomic E-state index is 0.105. The second-order valence-corrected chi connectivity index (χ2v) is 34.0. The molecule has 0 rings (SSSR count). The van der Waals surface area contributed by atoms with E-state index in [4.69, 9.17) is 37.0 Å². The van der Waals surface area contributed by atoms with Gasteiger partial charge in [-0.15, -0.1) is 0 Å². The molecule has 102 heavy (non-hydrogen) atoms. The molecule has 0 heterocycles. The number of carbonyl (C=O) groups is 4. The minimum atomic E-state index is -4.96. The zero-order valence-electron chi connectivity index (χ0n) is 67.1. The Bertz CT molecular complexity index is 1980. The van der Waals surface area contributed by atoms with Crippen molar-refractivity contribution in [2.24, 2.45) is 17.8 Å². The molecule has 0 aromatic heterocycles. The van der Waals surface area contributed by atoms with Crippen LogP contribution in [0.15, 0.2) is 0 Å². The topological polar surface area (TPSA) is 237 Å². The van der Waals surface area contributed by atoms with E-state index >= 15 is 0 Å². The number of rotatable bonds is 81. The van der Waals surface area contributed by atoms with E-state index in [-0.39, 0.29) is 25.7 Å². The molecule has 3 unspecified atom stereocenters. The molecule has 17 nitrogen and oxygen atoms in total. The monoisotopic (exact) mass is 1490 g/mol. The fourth-order valence-corrected chi connectivity index (χ4v) is 14.4. The Kier molecular flexibility index (Phi) is 71.8. The highest BCUT2D eigenvalue weighted by Crippen LogP contribution is 2.45. The predicted octanol–water partition coefficient (Wildman–Crippen LogP) is 24.9. The van der Waals surface area contributed by atoms with Crippen molar-refractivity contribution < 1.29 is 80.2 Å². The summed E-state index contributed by atoms with van der Waals surface area (Å²) >= 11 is 0. The Labute approximate surface area is 626 Å². The third-order valence-electron chi connectivity index (χ3n) is 19.7. The van der Waals surface area contributed by atoms with Gasteiger partial charge in [-0.2, -0.15) is 0 Å². The summed E-state index contributed by atoms with van der Waals surface area (Å²) in [5, 5.41) is 10.6. The van der Waals surface area contributed by atoms with Crippen molar-refractivity contribution in [3.05, 3.63) is 0 Å². The number of unbranched alkanes of at least 4 members (excludes halogenated alkanes) is 48. The van der Waals surface area contributed by atoms with Gasteiger partial charge < -0.3 is 33.8 Å². The molecule has 3 N–H and O–H groups in total. The van der Waals surface area contributed by atoms with E-state index in [1.807, 2.05) is 0 Å². The zero-order valence-corrected chi connectivity index (χ0v) is 68.9. The van der Waals surface area contributed by atoms with Crippen molar-refractivity contribution >= 4 is 39.5 Å². The average Bonchev–Trinajstić information content (AvgIpc) is 0.939. The molecule has 0 amide bonds. The van der Waals surface area contributed by atoms with Crippen LogP contribution in [-0.4, -0.2) is 96.7 Å². The fourth-order valence-electron chi connectivity index (χ4n) is 12.8. The number of hydrogen-bond acceptors (Lipinski definition) is 15. The Morgan fingerprint density at radius 1 is 0.284 bits per heavy atom. The summed E-state index contributed by atoms with van der Waals surface area (Å²) in [5.74, 6) is 0.304. The lowest BCUT2D eigenvalue weighted by Crippen LogP contribution is -2.30. The van der Waals surface area contributed by atoms with Crippen LogP contribution in [0.2, 0.25) is 0 Å². The Balaban J connectivity index is 5.21. The third kappa shape index (κ3) is 74.9. The minimum Gasteiger partial charge on any atom is -0.462 e. The van der Waals surface area contributed by atoms with E-state index in [0.29, 0.717) is 25.7 Å². The van der Waals surface area contributed by atoms with E-state index in [1.54, 1.807) is 0 Å². The van der Waals surface area contributed by atoms with Crippen LogP contribution in [0.1, 0.15) is 434 Å². The first-order valence-corrected chi connectivity index (χ1v) is 45.9. The van der Waals surface area contributed by atoms with Crippen LogP contribution < -0.4 is 0 Å². The van der Waals surface area contributed by atoms with Crippen LogP contribution in [0.4, 0.5) is 0 Å². The molecule has 0 aliphatic rings. The van der Waals surface area contributed by atoms with Gasteiger partial charge in [0.05, 0.1) is 26.4 Å². The highest BCUT2D eigenvalue weighted by molar-refractivity contribution is 7.47. The third-order valence-corrected chi connectivity index (χ3v) is 21.6. The smallest absolute Gasteiger partial charge is 0.462 e. The number of ether oxygens (including phenoxy) is 4. The van der Waals surface area contributed by atoms with Gasteiger partial charge in [0.25, 0.3) is 0 Å². The van der Waals surface area contributed by atoms with Crippen molar-refractivity contribution in [3.8, 4) is 0 Å². The largest absolute Gasteiger partial charge is 0.472 e. The first kappa shape index (κ1) is 100. The number of phosphoric ester groups is 2. The van der Waals surface area contributed by atoms with Crippen LogP contribution in [0.5, 0.6) is 0 Å². The molecule has 606 valence electrons. The maximum Gasteiger partial charge on any atom is 0.472 e. The quantitative estimate of drug-likeness (QED) is 0.0222. The maximum atomic E-state index is 13.1. The summed E-state index contributed by atoms with van der Waals surface area (Å²) in [6, 6.07) is 0. The lowest BCUT2D eigenvalue weighted by atomic mass is 9.99. The summed E-state index contributed by atoms with van der Waals surface area (Å²) in [4.78, 5) is 73.0. The number of phosphoric acid groups is 2. The van der Waals surface area contributed by atoms with Crippen molar-refractivity contribution in [2.45, 2.75) is 452 Å². The SMILES string of the molecule is CCCCCCCCCCCCC(=O)OC[C@H](COP(=O)(O)OC[C@H](O)COP(=O)(O)OC[C@@H](COC(=O)CCCCCCCCCCCCCCCCCC(C)C)OC(=O)CCCCCCCCCCCCCCCCCCCCC(C)CC)OC(=O)CCCCCCCCCCCC(C)C. The Hall–Kier alpha value is -1.94. The number of aliphatic hydroxyl groups is 1. The highest BCUT2D eigenvalue weighted by atomic mass is 31.2. The molecule has 0 saturated carbocycles. The molecular weight excluding hydrogens is 1330 g/mol. The molecule has 0 aromatic carbocycles. The van der Waals surface area contributed by atoms with Crippen LogP contribution in [0, 0.1) is 17.8 Å². The molecular formula is C83H162O17P2. The van der Waals surface area contributed by atoms with E-state index in [1.165, 1.54) is 244 Å². The van der Waals surface area contributed by atoms with Crippen molar-refractivity contribution in [3.63, 3.8) is 0 Å². The summed E-state index contributed by atoms with van der Waals surface area (Å²) in [7, 11) is -9.92. The van der Waals surface area contributed by atoms with E-state index in [2.05, 4.69) is 48.5 Å². The first-order chi connectivity index (χ1) is 49.3. The molecule has 0 bridgehead atoms. The van der Waals surface area contributed by atoms with Gasteiger partial charge in [-0.1, -0.05) is 382 Å². The standard InChI is InChI=1S/C83H162O17P2/c1-8-10-11-12-13-14-36-43-50-57-64-80(85)93-70-79(100-83(88)67-60-53-46-39-32-34-41-48-55-62-75(5)6)73-98-102(91,92)96-69-77(84)68-95-101(89,90)97-72-78(71-94-81(86)65-58-51-44-37-30-26-23-19-20-24-28-33-40-47-54-61-74(3)4)99-82(87)66-59-52-45-38-31-27-22-18-16-15-17-21-25-29-35-42-49-56-63-76(7)9-2/h74-79,84H,8-73H2,1-7H3,(H,89,90)(H,91,92)/t76?,77-,78-,79-/m1/s1. The van der Waals surface area contributed by atoms with E-state index in [0.717, 1.165) is 108 Å². The number of aliphatic hydroxyl groups excluding tert-OH is 1. The van der Waals surface area contributed by atoms with E-state index < -0.39 is 97.5 Å². The van der Waals surface area contributed by atoms with Crippen LogP contribution in [0.25, 0.3) is 0 Å². The summed E-state index contributed by atoms with van der Waals surface area (Å²) in [5.41, 5.74) is 0. The van der Waals surface area contributed by atoms with Gasteiger partial charge in [0.2, 0.25) is 0 Å². The Morgan fingerprint density at radius 3 is 0.745 bits per heavy atom. The normalized spacial score (nSPS) is 14.2. The van der Waals surface area contributed by atoms with E-state index in [9.17, 15) is 43.2 Å². The predicted molar refractivity (Wildman–Crippen MR) is 418 cm³/mol. The maximum absolute atomic E-state index is 13.1. The summed E-state index contributed by atoms with van der Waals surface area (Å²) in [6.07, 6.45) is 62.5. The van der Waals surface area contributed by atoms with Gasteiger partial charge in [0, 0.05) is 25.7 Å². The molecule has 6 atom stereocenters. The van der Waals surface area contributed by atoms with Crippen molar-refractivity contribution in [2.75, 3.05) is 39.6 Å². The van der Waals surface area contributed by atoms with Gasteiger partial charge in [0.15, 0.2) is 12.2 Å². The fraction of sp³-hybridized carbons (Fsp3) is 0.952. The van der Waals surface area contributed by atoms with Gasteiger partial charge >= 0.3 is 39.5 Å². The number of carbonyl (C=O) groups excluding carboxylic acids is 4. The lowest BCUT2D eigenvalue weighted by molar-refractivity contribution is -0.161. The van der Waals surface area contributed by atoms with Crippen LogP contribution in [-0.2, 0) is 65.4 Å². The second kappa shape index (κ2) is 73.2. The van der Waals surface area contributed by atoms with Crippen LogP contribution in [0.3, 0.4) is 0 Å². The summed E-state index contributed by atoms with van der Waals surface area (Å²) in [6.45, 7) is 12.0. The van der Waals surface area contributed by atoms with Crippen LogP contribution >= 0.6 is 15.6 Å². The molecule has 0 spiro atoms. The zero-order chi connectivity index (χ0) is 75.1. The number of hydrogen-bond donors (Lipinski definition) is 3. The Morgan fingerprint density at radius 2 is 0.500 bits per heavy atom. The lowest BCUT2D eigenvalue weighted by Gasteiger charge is -2.21. The van der Waals surface area contributed by atoms with Crippen molar-refractivity contribution in [1.29, 1.82) is 0 Å². The van der Waals surface area contributed by atoms with Gasteiger partial charge in [-0.3, -0.25) is 37.3 Å². The molecule has 0 saturated heterocycles. The van der Waals surface area contributed by atoms with Gasteiger partial charge in [0.1, 0.15) is 19.3 Å². The molecule has 0 aliphatic heterocycles. The molecule has 0 fully saturated rings. The van der Waals surface area contributed by atoms with Crippen molar-refractivity contribution in [1.82, 2.24) is 0 Å². The van der Waals surface area contributed by atoms with Gasteiger partial charge in [-0.25, -0.2) is 9.13 Å². The molecule has 0 aliphatic carbocycles. The molecule has 0 radical (unpaired) electrons. The number of esters is 4. The second-order valence-electron chi connectivity index (χ2n) is 31.1. The van der Waals surface area contributed by atoms with Gasteiger partial charge in [-0.05, 0) is 43.4 Å². The molecule has 19 heteroatoms. The highest BCUT2D eigenvalue weighted by Gasteiger charge is 2.30.